The molecule has 1 amide bonds. The Balaban J connectivity index is 0.000000396. The highest BCUT2D eigenvalue weighted by Gasteiger charge is 2.38. The third-order valence-corrected chi connectivity index (χ3v) is 4.30. The second-order valence-electron chi connectivity index (χ2n) is 6.76. The average molecular weight is 430 g/mol. The molecular formula is C19H22F4N4O3. The highest BCUT2D eigenvalue weighted by Crippen LogP contribution is 2.13. The van der Waals surface area contributed by atoms with Gasteiger partial charge in [-0.25, -0.2) is 9.18 Å². The summed E-state index contributed by atoms with van der Waals surface area (Å²) in [5, 5.41) is 17.4. The molecule has 0 saturated carbocycles. The van der Waals surface area contributed by atoms with Gasteiger partial charge in [-0.2, -0.15) is 18.3 Å². The van der Waals surface area contributed by atoms with Gasteiger partial charge >= 0.3 is 12.1 Å². The Kier molecular flexibility index (Phi) is 7.93. The number of hydrogen-bond acceptors (Lipinski definition) is 4. The highest BCUT2D eigenvalue weighted by molar-refractivity contribution is 5.95. The van der Waals surface area contributed by atoms with Crippen molar-refractivity contribution >= 4 is 11.9 Å². The first-order chi connectivity index (χ1) is 14.1. The topological polar surface area (TPSA) is 96.3 Å². The van der Waals surface area contributed by atoms with E-state index in [4.69, 9.17) is 9.90 Å². The molecule has 1 aromatic heterocycles. The van der Waals surface area contributed by atoms with Gasteiger partial charge in [0, 0.05) is 25.3 Å². The Morgan fingerprint density at radius 1 is 1.30 bits per heavy atom. The first-order valence-electron chi connectivity index (χ1n) is 9.10. The molecule has 0 aliphatic carbocycles. The molecule has 1 saturated heterocycles. The fourth-order valence-corrected chi connectivity index (χ4v) is 2.83. The van der Waals surface area contributed by atoms with Crippen LogP contribution in [0, 0.1) is 6.92 Å². The van der Waals surface area contributed by atoms with Crippen molar-refractivity contribution in [3.8, 4) is 0 Å². The van der Waals surface area contributed by atoms with Crippen LogP contribution >= 0.6 is 0 Å². The standard InChI is InChI=1S/C17H21FN4O.C2HF3O2/c1-12-16(17(23)20-9-15-7-14(18)8-19-15)11-22(21-12)10-13-5-3-2-4-6-13;3-2(4,5)1(6)7/h2-6,11,14-15,19H,7-10H2,1H3,(H,20,23);(H,6,7)/t14-,15-;/m0./s1. The molecule has 11 heteroatoms. The van der Waals surface area contributed by atoms with Gasteiger partial charge in [0.25, 0.3) is 5.91 Å². The van der Waals surface area contributed by atoms with Crippen molar-refractivity contribution in [2.45, 2.75) is 38.3 Å². The number of nitrogens with one attached hydrogen (secondary N) is 2. The zero-order valence-electron chi connectivity index (χ0n) is 16.1. The number of carbonyl (C=O) groups excluding carboxylic acids is 1. The summed E-state index contributed by atoms with van der Waals surface area (Å²) in [5.41, 5.74) is 2.39. The number of aliphatic carboxylic acids is 1. The monoisotopic (exact) mass is 430 g/mol. The van der Waals surface area contributed by atoms with E-state index in [9.17, 15) is 22.4 Å². The lowest BCUT2D eigenvalue weighted by Gasteiger charge is -2.10. The second-order valence-corrected chi connectivity index (χ2v) is 6.76. The van der Waals surface area contributed by atoms with Crippen molar-refractivity contribution in [3.05, 3.63) is 53.3 Å². The lowest BCUT2D eigenvalue weighted by Crippen LogP contribution is -2.37. The third kappa shape index (κ3) is 7.14. The molecule has 2 heterocycles. The van der Waals surface area contributed by atoms with Crippen molar-refractivity contribution in [1.29, 1.82) is 0 Å². The molecule has 3 rings (SSSR count). The molecule has 7 nitrogen and oxygen atoms in total. The number of carbonyl (C=O) groups is 2. The highest BCUT2D eigenvalue weighted by atomic mass is 19.4. The van der Waals surface area contributed by atoms with Crippen molar-refractivity contribution in [2.24, 2.45) is 0 Å². The third-order valence-electron chi connectivity index (χ3n) is 4.30. The summed E-state index contributed by atoms with van der Waals surface area (Å²) in [6, 6.07) is 9.98. The molecule has 1 aliphatic heterocycles. The summed E-state index contributed by atoms with van der Waals surface area (Å²) in [6.07, 6.45) is -3.68. The zero-order valence-corrected chi connectivity index (χ0v) is 16.1. The van der Waals surface area contributed by atoms with Crippen LogP contribution in [0.25, 0.3) is 0 Å². The summed E-state index contributed by atoms with van der Waals surface area (Å²) >= 11 is 0. The van der Waals surface area contributed by atoms with Crippen LogP contribution in [-0.2, 0) is 11.3 Å². The van der Waals surface area contributed by atoms with Crippen LogP contribution in [0.3, 0.4) is 0 Å². The van der Waals surface area contributed by atoms with Crippen molar-refractivity contribution in [3.63, 3.8) is 0 Å². The molecule has 0 bridgehead atoms. The van der Waals surface area contributed by atoms with Crippen LogP contribution in [0.4, 0.5) is 17.6 Å². The quantitative estimate of drug-likeness (QED) is 0.633. The number of aryl methyl sites for hydroxylation is 1. The minimum absolute atomic E-state index is 0.00798. The Morgan fingerprint density at radius 2 is 1.93 bits per heavy atom. The van der Waals surface area contributed by atoms with Gasteiger partial charge in [-0.15, -0.1) is 0 Å². The molecule has 2 aromatic rings. The normalized spacial score (nSPS) is 18.4. The number of carboxylic acids is 1. The van der Waals surface area contributed by atoms with Crippen LogP contribution < -0.4 is 10.6 Å². The maximum atomic E-state index is 13.1. The van der Waals surface area contributed by atoms with Crippen LogP contribution in [0.5, 0.6) is 0 Å². The maximum absolute atomic E-state index is 13.1. The van der Waals surface area contributed by atoms with Crippen LogP contribution in [0.15, 0.2) is 36.5 Å². The SMILES string of the molecule is Cc1nn(Cc2ccccc2)cc1C(=O)NC[C@@H]1C[C@H](F)CN1.O=C(O)C(F)(F)F. The van der Waals surface area contributed by atoms with Crippen LogP contribution in [0.2, 0.25) is 0 Å². The summed E-state index contributed by atoms with van der Waals surface area (Å²) in [4.78, 5) is 21.2. The molecule has 0 spiro atoms. The summed E-state index contributed by atoms with van der Waals surface area (Å²) in [7, 11) is 0. The molecule has 30 heavy (non-hydrogen) atoms. The number of benzene rings is 1. The molecule has 2 atom stereocenters. The number of carboxylic acid groups (broad SMARTS) is 1. The number of alkyl halides is 4. The summed E-state index contributed by atoms with van der Waals surface area (Å²) < 4.78 is 46.6. The molecule has 1 aliphatic rings. The Bertz CT molecular complexity index is 855. The van der Waals surface area contributed by atoms with Gasteiger partial charge in [-0.1, -0.05) is 30.3 Å². The second kappa shape index (κ2) is 10.2. The van der Waals surface area contributed by atoms with E-state index >= 15 is 0 Å². The molecule has 1 aromatic carbocycles. The summed E-state index contributed by atoms with van der Waals surface area (Å²) in [5.74, 6) is -2.92. The first kappa shape index (κ1) is 23.3. The van der Waals surface area contributed by atoms with Gasteiger partial charge in [0.15, 0.2) is 0 Å². The van der Waals surface area contributed by atoms with Crippen molar-refractivity contribution in [1.82, 2.24) is 20.4 Å². The Labute approximate surface area is 170 Å². The molecular weight excluding hydrogens is 408 g/mol. The fraction of sp³-hybridized carbons (Fsp3) is 0.421. The van der Waals surface area contributed by atoms with Gasteiger partial charge in [0.1, 0.15) is 6.17 Å². The van der Waals surface area contributed by atoms with Crippen LogP contribution in [0.1, 0.15) is 28.0 Å². The van der Waals surface area contributed by atoms with E-state index in [0.717, 1.165) is 5.56 Å². The van der Waals surface area contributed by atoms with E-state index in [2.05, 4.69) is 15.7 Å². The largest absolute Gasteiger partial charge is 0.490 e. The smallest absolute Gasteiger partial charge is 0.475 e. The number of amides is 1. The zero-order chi connectivity index (χ0) is 22.3. The number of halogens is 4. The van der Waals surface area contributed by atoms with E-state index in [1.165, 1.54) is 0 Å². The van der Waals surface area contributed by atoms with Crippen molar-refractivity contribution < 1.29 is 32.3 Å². The van der Waals surface area contributed by atoms with E-state index in [-0.39, 0.29) is 11.9 Å². The summed E-state index contributed by atoms with van der Waals surface area (Å²) in [6.45, 7) is 3.25. The van der Waals surface area contributed by atoms with Crippen LogP contribution in [-0.4, -0.2) is 58.2 Å². The number of nitrogens with zero attached hydrogens (tertiary/aromatic N) is 2. The van der Waals surface area contributed by atoms with Gasteiger partial charge in [-0.05, 0) is 18.9 Å². The van der Waals surface area contributed by atoms with E-state index in [1.54, 1.807) is 10.9 Å². The van der Waals surface area contributed by atoms with Gasteiger partial charge in [-0.3, -0.25) is 9.48 Å². The van der Waals surface area contributed by atoms with E-state index in [0.29, 0.717) is 37.3 Å². The lowest BCUT2D eigenvalue weighted by molar-refractivity contribution is -0.192. The predicted molar refractivity (Wildman–Crippen MR) is 99.8 cm³/mol. The molecule has 1 fully saturated rings. The number of aromatic nitrogens is 2. The van der Waals surface area contributed by atoms with E-state index < -0.39 is 18.3 Å². The minimum Gasteiger partial charge on any atom is -0.475 e. The maximum Gasteiger partial charge on any atom is 0.490 e. The molecule has 0 unspecified atom stereocenters. The minimum atomic E-state index is -5.08. The Morgan fingerprint density at radius 3 is 2.47 bits per heavy atom. The Hall–Kier alpha value is -2.95. The van der Waals surface area contributed by atoms with Crippen molar-refractivity contribution in [2.75, 3.05) is 13.1 Å². The van der Waals surface area contributed by atoms with Gasteiger partial charge < -0.3 is 15.7 Å². The van der Waals surface area contributed by atoms with Gasteiger partial charge in [0.2, 0.25) is 0 Å². The first-order valence-corrected chi connectivity index (χ1v) is 9.10. The molecule has 164 valence electrons. The number of hydrogen-bond donors (Lipinski definition) is 3. The number of rotatable bonds is 5. The predicted octanol–water partition coefficient (Wildman–Crippen LogP) is 2.30. The molecule has 3 N–H and O–H groups in total. The molecule has 0 radical (unpaired) electrons. The van der Waals surface area contributed by atoms with E-state index in [1.807, 2.05) is 37.3 Å². The fourth-order valence-electron chi connectivity index (χ4n) is 2.83. The lowest BCUT2D eigenvalue weighted by atomic mass is 10.2. The van der Waals surface area contributed by atoms with Gasteiger partial charge in [0.05, 0.1) is 17.8 Å². The average Bonchev–Trinajstić information content (AvgIpc) is 3.25.